The Balaban J connectivity index is 2.34. The molecule has 0 unspecified atom stereocenters. The lowest BCUT2D eigenvalue weighted by atomic mass is 10.2. The number of aromatic hydroxyl groups is 1. The van der Waals surface area contributed by atoms with Crippen LogP contribution in [0.4, 0.5) is 0 Å². The van der Waals surface area contributed by atoms with Gasteiger partial charge < -0.3 is 9.67 Å². The van der Waals surface area contributed by atoms with E-state index in [9.17, 15) is 5.11 Å². The fraction of sp³-hybridized carbons (Fsp3) is 0.154. The number of nitrogens with zero attached hydrogens (tertiary/aromatic N) is 1. The molecule has 0 bridgehead atoms. The molecule has 1 aromatic heterocycles. The van der Waals surface area contributed by atoms with Gasteiger partial charge in [0.1, 0.15) is 0 Å². The summed E-state index contributed by atoms with van der Waals surface area (Å²) in [5, 5.41) is 9.78. The molecule has 0 atom stereocenters. The van der Waals surface area contributed by atoms with Crippen LogP contribution in [0.5, 0.6) is 5.75 Å². The van der Waals surface area contributed by atoms with Gasteiger partial charge in [-0.1, -0.05) is 40.3 Å². The summed E-state index contributed by atoms with van der Waals surface area (Å²) in [6.45, 7) is 2.59. The fourth-order valence-electron chi connectivity index (χ4n) is 1.62. The lowest BCUT2D eigenvalue weighted by Gasteiger charge is -2.12. The first kappa shape index (κ1) is 12.3. The highest BCUT2D eigenvalue weighted by Gasteiger charge is 2.03. The molecule has 0 aliphatic heterocycles. The smallest absolute Gasteiger partial charge is 0.152 e. The average Bonchev–Trinajstić information content (AvgIpc) is 2.33. The molecule has 1 aromatic carbocycles. The molecule has 0 aliphatic carbocycles. The van der Waals surface area contributed by atoms with Crippen LogP contribution in [0, 0.1) is 11.4 Å². The van der Waals surface area contributed by atoms with Crippen LogP contribution in [-0.4, -0.2) is 9.67 Å². The third kappa shape index (κ3) is 2.76. The van der Waals surface area contributed by atoms with Crippen molar-refractivity contribution < 1.29 is 5.11 Å². The summed E-state index contributed by atoms with van der Waals surface area (Å²) >= 11 is 8.42. The lowest BCUT2D eigenvalue weighted by Crippen LogP contribution is -2.04. The van der Waals surface area contributed by atoms with Crippen molar-refractivity contribution in [2.75, 3.05) is 0 Å². The van der Waals surface area contributed by atoms with Crippen molar-refractivity contribution in [2.45, 2.75) is 13.5 Å². The summed E-state index contributed by atoms with van der Waals surface area (Å²) in [6.07, 6.45) is 1.90. The van der Waals surface area contributed by atoms with Crippen molar-refractivity contribution in [3.63, 3.8) is 0 Å². The van der Waals surface area contributed by atoms with Crippen molar-refractivity contribution in [1.29, 1.82) is 0 Å². The molecule has 4 heteroatoms. The minimum atomic E-state index is 0.194. The molecule has 1 heterocycles. The molecule has 2 rings (SSSR count). The van der Waals surface area contributed by atoms with E-state index in [1.54, 1.807) is 6.07 Å². The Bertz CT molecular complexity index is 589. The van der Waals surface area contributed by atoms with Crippen LogP contribution in [0.3, 0.4) is 0 Å². The zero-order valence-corrected chi connectivity index (χ0v) is 11.8. The zero-order valence-electron chi connectivity index (χ0n) is 9.35. The fourth-order valence-corrected chi connectivity index (χ4v) is 2.09. The Morgan fingerprint density at radius 1 is 1.24 bits per heavy atom. The van der Waals surface area contributed by atoms with Crippen molar-refractivity contribution in [3.05, 3.63) is 56.8 Å². The van der Waals surface area contributed by atoms with E-state index in [4.69, 9.17) is 12.2 Å². The Kier molecular flexibility index (Phi) is 3.64. The largest absolute Gasteiger partial charge is 0.505 e. The van der Waals surface area contributed by atoms with Crippen LogP contribution >= 0.6 is 28.1 Å². The Labute approximate surface area is 114 Å². The summed E-state index contributed by atoms with van der Waals surface area (Å²) in [6, 6.07) is 9.86. The maximum absolute atomic E-state index is 9.78. The molecular formula is C13H12BrNOS. The molecular weight excluding hydrogens is 298 g/mol. The van der Waals surface area contributed by atoms with Crippen LogP contribution in [-0.2, 0) is 6.54 Å². The second-order valence-corrected chi connectivity index (χ2v) is 5.22. The van der Waals surface area contributed by atoms with Crippen LogP contribution in [0.15, 0.2) is 41.0 Å². The minimum absolute atomic E-state index is 0.194. The van der Waals surface area contributed by atoms with Crippen LogP contribution in [0.2, 0.25) is 0 Å². The summed E-state index contributed by atoms with van der Waals surface area (Å²) in [4.78, 5) is 0. The van der Waals surface area contributed by atoms with E-state index < -0.39 is 0 Å². The third-order valence-corrected chi connectivity index (χ3v) is 3.54. The van der Waals surface area contributed by atoms with Crippen molar-refractivity contribution in [2.24, 2.45) is 0 Å². The van der Waals surface area contributed by atoms with E-state index in [0.29, 0.717) is 4.51 Å². The predicted octanol–water partition coefficient (Wildman–Crippen LogP) is 4.04. The monoisotopic (exact) mass is 309 g/mol. The van der Waals surface area contributed by atoms with E-state index in [-0.39, 0.29) is 5.75 Å². The normalized spacial score (nSPS) is 10.5. The molecule has 88 valence electrons. The topological polar surface area (TPSA) is 25.2 Å². The molecule has 0 aliphatic rings. The standard InChI is InChI=1S/C13H12BrNOS/c1-9-13(16)12(17)6-7-15(9)8-10-2-4-11(14)5-3-10/h2-7,16H,8H2,1H3. The molecule has 0 fully saturated rings. The van der Waals surface area contributed by atoms with Gasteiger partial charge in [-0.05, 0) is 30.7 Å². The highest BCUT2D eigenvalue weighted by Crippen LogP contribution is 2.19. The number of benzene rings is 1. The van der Waals surface area contributed by atoms with Gasteiger partial charge in [0.25, 0.3) is 0 Å². The van der Waals surface area contributed by atoms with E-state index in [0.717, 1.165) is 16.7 Å². The molecule has 0 spiro atoms. The summed E-state index contributed by atoms with van der Waals surface area (Å²) in [5.74, 6) is 0.194. The molecule has 0 saturated heterocycles. The van der Waals surface area contributed by atoms with Crippen molar-refractivity contribution >= 4 is 28.1 Å². The summed E-state index contributed by atoms with van der Waals surface area (Å²) in [7, 11) is 0. The number of aromatic nitrogens is 1. The Morgan fingerprint density at radius 3 is 2.53 bits per heavy atom. The van der Waals surface area contributed by atoms with E-state index in [1.165, 1.54) is 5.56 Å². The van der Waals surface area contributed by atoms with Gasteiger partial charge in [-0.3, -0.25) is 0 Å². The van der Waals surface area contributed by atoms with Crippen LogP contribution in [0.1, 0.15) is 11.3 Å². The first-order valence-electron chi connectivity index (χ1n) is 5.21. The summed E-state index contributed by atoms with van der Waals surface area (Å²) < 4.78 is 3.54. The van der Waals surface area contributed by atoms with Gasteiger partial charge in [-0.2, -0.15) is 0 Å². The quantitative estimate of drug-likeness (QED) is 0.847. The highest BCUT2D eigenvalue weighted by atomic mass is 79.9. The average molecular weight is 310 g/mol. The SMILES string of the molecule is Cc1c(O)c(=S)ccn1Cc1ccc(Br)cc1. The van der Waals surface area contributed by atoms with E-state index >= 15 is 0 Å². The van der Waals surface area contributed by atoms with Gasteiger partial charge >= 0.3 is 0 Å². The number of rotatable bonds is 2. The lowest BCUT2D eigenvalue weighted by molar-refractivity contribution is 0.458. The summed E-state index contributed by atoms with van der Waals surface area (Å²) in [5.41, 5.74) is 1.97. The number of hydrogen-bond donors (Lipinski definition) is 1. The zero-order chi connectivity index (χ0) is 12.4. The second kappa shape index (κ2) is 5.02. The predicted molar refractivity (Wildman–Crippen MR) is 74.9 cm³/mol. The molecule has 1 N–H and O–H groups in total. The second-order valence-electron chi connectivity index (χ2n) is 3.87. The minimum Gasteiger partial charge on any atom is -0.505 e. The maximum atomic E-state index is 9.78. The van der Waals surface area contributed by atoms with Gasteiger partial charge in [-0.15, -0.1) is 0 Å². The molecule has 0 saturated carbocycles. The van der Waals surface area contributed by atoms with Gasteiger partial charge in [0.05, 0.1) is 10.2 Å². The molecule has 2 nitrogen and oxygen atoms in total. The first-order chi connectivity index (χ1) is 8.08. The maximum Gasteiger partial charge on any atom is 0.152 e. The van der Waals surface area contributed by atoms with Gasteiger partial charge in [0.2, 0.25) is 0 Å². The third-order valence-electron chi connectivity index (χ3n) is 2.68. The Morgan fingerprint density at radius 2 is 1.88 bits per heavy atom. The van der Waals surface area contributed by atoms with Gasteiger partial charge in [0.15, 0.2) is 5.75 Å². The highest BCUT2D eigenvalue weighted by molar-refractivity contribution is 9.10. The van der Waals surface area contributed by atoms with E-state index in [2.05, 4.69) is 28.1 Å². The number of halogens is 1. The first-order valence-corrected chi connectivity index (χ1v) is 6.41. The van der Waals surface area contributed by atoms with Crippen LogP contribution in [0.25, 0.3) is 0 Å². The molecule has 2 aromatic rings. The Hall–Kier alpha value is -1.13. The number of pyridine rings is 1. The molecule has 0 radical (unpaired) electrons. The van der Waals surface area contributed by atoms with Crippen LogP contribution < -0.4 is 0 Å². The van der Waals surface area contributed by atoms with E-state index in [1.807, 2.05) is 29.8 Å². The van der Waals surface area contributed by atoms with Gasteiger partial charge in [0, 0.05) is 17.2 Å². The number of hydrogen-bond acceptors (Lipinski definition) is 2. The van der Waals surface area contributed by atoms with Crippen molar-refractivity contribution in [3.8, 4) is 5.75 Å². The molecule has 17 heavy (non-hydrogen) atoms. The van der Waals surface area contributed by atoms with Gasteiger partial charge in [-0.25, -0.2) is 0 Å². The van der Waals surface area contributed by atoms with Crippen molar-refractivity contribution in [1.82, 2.24) is 4.57 Å². The molecule has 0 amide bonds.